The lowest BCUT2D eigenvalue weighted by Crippen LogP contribution is -2.36. The highest BCUT2D eigenvalue weighted by Gasteiger charge is 2.20. The lowest BCUT2D eigenvalue weighted by atomic mass is 9.97. The molecule has 4 rings (SSSR count). The van der Waals surface area contributed by atoms with Crippen molar-refractivity contribution >= 4 is 21.6 Å². The number of aliphatic hydroxyl groups is 1. The van der Waals surface area contributed by atoms with Crippen LogP contribution in [0.25, 0.3) is 10.2 Å². The van der Waals surface area contributed by atoms with E-state index in [4.69, 9.17) is 9.72 Å². The molecule has 1 aliphatic rings. The summed E-state index contributed by atoms with van der Waals surface area (Å²) in [6.45, 7) is 5.40. The molecule has 2 heterocycles. The molecule has 0 amide bonds. The van der Waals surface area contributed by atoms with Gasteiger partial charge in [0.25, 0.3) is 5.56 Å². The summed E-state index contributed by atoms with van der Waals surface area (Å²) >= 11 is 1.65. The number of thiophene rings is 1. The number of aromatic amines is 1. The summed E-state index contributed by atoms with van der Waals surface area (Å²) < 4.78 is 5.65. The van der Waals surface area contributed by atoms with Crippen LogP contribution in [0.15, 0.2) is 47.8 Å². The molecule has 0 spiro atoms. The summed E-state index contributed by atoms with van der Waals surface area (Å²) in [6.07, 6.45) is 5.44. The first kappa shape index (κ1) is 20.8. The Balaban J connectivity index is 1.45. The van der Waals surface area contributed by atoms with E-state index in [9.17, 15) is 9.90 Å². The van der Waals surface area contributed by atoms with Gasteiger partial charge in [-0.05, 0) is 43.4 Å². The molecule has 158 valence electrons. The SMILES string of the molecule is C=CCN(Cc1nc2sc3c(c2c(=O)[nH]1)CCCC3)C[C@@H](O)COc1ccccc1. The number of ether oxygens (including phenoxy) is 1. The molecule has 0 fully saturated rings. The smallest absolute Gasteiger partial charge is 0.259 e. The van der Waals surface area contributed by atoms with Crippen LogP contribution in [0.1, 0.15) is 29.1 Å². The fraction of sp³-hybridized carbons (Fsp3) is 0.391. The van der Waals surface area contributed by atoms with Crippen LogP contribution in [0, 0.1) is 0 Å². The van der Waals surface area contributed by atoms with E-state index in [1.54, 1.807) is 17.4 Å². The van der Waals surface area contributed by atoms with Crippen LogP contribution in [0.3, 0.4) is 0 Å². The third kappa shape index (κ3) is 4.80. The zero-order valence-electron chi connectivity index (χ0n) is 17.0. The Morgan fingerprint density at radius 1 is 1.30 bits per heavy atom. The standard InChI is InChI=1S/C23H27N3O3S/c1-2-12-26(13-16(27)15-29-17-8-4-3-5-9-17)14-20-24-22(28)21-18-10-6-7-11-19(18)30-23(21)25-20/h2-5,8-9,16,27H,1,6-7,10-15H2,(H,24,25,28)/t16-/m1/s1. The Morgan fingerprint density at radius 3 is 2.90 bits per heavy atom. The van der Waals surface area contributed by atoms with Crippen molar-refractivity contribution in [3.8, 4) is 5.75 Å². The Labute approximate surface area is 179 Å². The Kier molecular flexibility index (Phi) is 6.62. The molecule has 0 aliphatic heterocycles. The van der Waals surface area contributed by atoms with Gasteiger partial charge in [-0.15, -0.1) is 17.9 Å². The Bertz CT molecular complexity index is 1060. The first-order valence-corrected chi connectivity index (χ1v) is 11.2. The third-order valence-electron chi connectivity index (χ3n) is 5.29. The molecule has 0 saturated heterocycles. The molecule has 6 nitrogen and oxygen atoms in total. The fourth-order valence-electron chi connectivity index (χ4n) is 3.94. The van der Waals surface area contributed by atoms with E-state index >= 15 is 0 Å². The predicted octanol–water partition coefficient (Wildman–Crippen LogP) is 3.29. The van der Waals surface area contributed by atoms with E-state index < -0.39 is 6.10 Å². The van der Waals surface area contributed by atoms with Crippen molar-refractivity contribution in [1.29, 1.82) is 0 Å². The molecule has 2 aromatic heterocycles. The van der Waals surface area contributed by atoms with Gasteiger partial charge in [0, 0.05) is 18.0 Å². The monoisotopic (exact) mass is 425 g/mol. The highest BCUT2D eigenvalue weighted by atomic mass is 32.1. The summed E-state index contributed by atoms with van der Waals surface area (Å²) in [7, 11) is 0. The lowest BCUT2D eigenvalue weighted by molar-refractivity contribution is 0.0689. The van der Waals surface area contributed by atoms with E-state index in [1.807, 2.05) is 35.2 Å². The van der Waals surface area contributed by atoms with Gasteiger partial charge >= 0.3 is 0 Å². The molecule has 0 bridgehead atoms. The van der Waals surface area contributed by atoms with E-state index in [-0.39, 0.29) is 12.2 Å². The lowest BCUT2D eigenvalue weighted by Gasteiger charge is -2.23. The van der Waals surface area contributed by atoms with E-state index in [0.717, 1.165) is 35.2 Å². The quantitative estimate of drug-likeness (QED) is 0.515. The number of hydrogen-bond acceptors (Lipinski definition) is 6. The minimum absolute atomic E-state index is 0.0547. The number of nitrogens with zero attached hydrogens (tertiary/aromatic N) is 2. The highest BCUT2D eigenvalue weighted by molar-refractivity contribution is 7.18. The number of aromatic nitrogens is 2. The van der Waals surface area contributed by atoms with Crippen LogP contribution in [-0.4, -0.2) is 45.8 Å². The van der Waals surface area contributed by atoms with Crippen molar-refractivity contribution in [3.63, 3.8) is 0 Å². The molecule has 1 aromatic carbocycles. The maximum absolute atomic E-state index is 12.8. The summed E-state index contributed by atoms with van der Waals surface area (Å²) in [5.41, 5.74) is 1.14. The molecular weight excluding hydrogens is 398 g/mol. The number of aryl methyl sites for hydroxylation is 2. The minimum atomic E-state index is -0.672. The van der Waals surface area contributed by atoms with Crippen LogP contribution in [0.4, 0.5) is 0 Å². The number of hydrogen-bond donors (Lipinski definition) is 2. The number of H-pyrrole nitrogens is 1. The van der Waals surface area contributed by atoms with Gasteiger partial charge in [0.2, 0.25) is 0 Å². The molecule has 0 radical (unpaired) electrons. The third-order valence-corrected chi connectivity index (χ3v) is 6.48. The first-order valence-electron chi connectivity index (χ1n) is 10.4. The van der Waals surface area contributed by atoms with Crippen LogP contribution >= 0.6 is 11.3 Å². The molecule has 30 heavy (non-hydrogen) atoms. The first-order chi connectivity index (χ1) is 14.6. The summed E-state index contributed by atoms with van der Waals surface area (Å²) in [5.74, 6) is 1.34. The van der Waals surface area contributed by atoms with Crippen molar-refractivity contribution in [2.45, 2.75) is 38.3 Å². The van der Waals surface area contributed by atoms with Crippen molar-refractivity contribution in [2.24, 2.45) is 0 Å². The Morgan fingerprint density at radius 2 is 2.10 bits per heavy atom. The van der Waals surface area contributed by atoms with Crippen LogP contribution < -0.4 is 10.3 Å². The Hall–Kier alpha value is -2.48. The van der Waals surface area contributed by atoms with Gasteiger partial charge in [-0.1, -0.05) is 24.3 Å². The summed E-state index contributed by atoms with van der Waals surface area (Å²) in [6, 6.07) is 9.43. The molecule has 0 unspecified atom stereocenters. The number of rotatable bonds is 9. The van der Waals surface area contributed by atoms with Gasteiger partial charge in [-0.3, -0.25) is 9.69 Å². The molecule has 0 saturated carbocycles. The van der Waals surface area contributed by atoms with Gasteiger partial charge in [0.1, 0.15) is 29.1 Å². The van der Waals surface area contributed by atoms with Gasteiger partial charge in [-0.2, -0.15) is 0 Å². The van der Waals surface area contributed by atoms with Crippen LogP contribution in [0.5, 0.6) is 5.75 Å². The second-order valence-electron chi connectivity index (χ2n) is 7.66. The van der Waals surface area contributed by atoms with E-state index in [0.29, 0.717) is 25.5 Å². The number of fused-ring (bicyclic) bond motifs is 3. The number of aliphatic hydroxyl groups excluding tert-OH is 1. The van der Waals surface area contributed by atoms with E-state index in [2.05, 4.69) is 11.6 Å². The maximum Gasteiger partial charge on any atom is 0.259 e. The second kappa shape index (κ2) is 9.55. The molecule has 2 N–H and O–H groups in total. The maximum atomic E-state index is 12.8. The van der Waals surface area contributed by atoms with E-state index in [1.165, 1.54) is 16.9 Å². The topological polar surface area (TPSA) is 78.5 Å². The van der Waals surface area contributed by atoms with Gasteiger partial charge in [-0.25, -0.2) is 4.98 Å². The van der Waals surface area contributed by atoms with Crippen LogP contribution in [0.2, 0.25) is 0 Å². The fourth-order valence-corrected chi connectivity index (χ4v) is 5.22. The van der Waals surface area contributed by atoms with Crippen molar-refractivity contribution in [1.82, 2.24) is 14.9 Å². The van der Waals surface area contributed by atoms with Gasteiger partial charge in [0.05, 0.1) is 11.9 Å². The van der Waals surface area contributed by atoms with Crippen molar-refractivity contribution in [3.05, 3.63) is 69.6 Å². The largest absolute Gasteiger partial charge is 0.491 e. The molecule has 1 atom stereocenters. The van der Waals surface area contributed by atoms with Crippen molar-refractivity contribution in [2.75, 3.05) is 19.7 Å². The zero-order chi connectivity index (χ0) is 20.9. The number of benzene rings is 1. The number of para-hydroxylation sites is 1. The van der Waals surface area contributed by atoms with Crippen LogP contribution in [-0.2, 0) is 19.4 Å². The molecular formula is C23H27N3O3S. The summed E-state index contributed by atoms with van der Waals surface area (Å²) in [4.78, 5) is 24.6. The van der Waals surface area contributed by atoms with Gasteiger partial charge in [0.15, 0.2) is 0 Å². The predicted molar refractivity (Wildman–Crippen MR) is 120 cm³/mol. The van der Waals surface area contributed by atoms with Crippen molar-refractivity contribution < 1.29 is 9.84 Å². The highest BCUT2D eigenvalue weighted by Crippen LogP contribution is 2.33. The molecule has 7 heteroatoms. The summed E-state index contributed by atoms with van der Waals surface area (Å²) in [5, 5.41) is 11.2. The molecule has 3 aromatic rings. The molecule has 1 aliphatic carbocycles. The number of nitrogens with one attached hydrogen (secondary N) is 1. The average Bonchev–Trinajstić information content (AvgIpc) is 3.12. The minimum Gasteiger partial charge on any atom is -0.491 e. The average molecular weight is 426 g/mol. The normalized spacial score (nSPS) is 14.6. The second-order valence-corrected chi connectivity index (χ2v) is 8.75. The van der Waals surface area contributed by atoms with Gasteiger partial charge < -0.3 is 14.8 Å². The zero-order valence-corrected chi connectivity index (χ0v) is 17.8.